The largest absolute Gasteiger partial charge is 0.451 e. The Morgan fingerprint density at radius 3 is 2.49 bits per heavy atom. The number of nitrogens with zero attached hydrogens (tertiary/aromatic N) is 5. The first kappa shape index (κ1) is 23.7. The number of fused-ring (bicyclic) bond motifs is 1. The second-order valence-corrected chi connectivity index (χ2v) is 7.46. The van der Waals surface area contributed by atoms with Crippen LogP contribution in [0.15, 0.2) is 54.8 Å². The highest BCUT2D eigenvalue weighted by molar-refractivity contribution is 5.88. The minimum absolute atomic E-state index is 0.00660. The molecule has 13 heteroatoms. The monoisotopic (exact) mass is 488 g/mol. The van der Waals surface area contributed by atoms with Crippen molar-refractivity contribution < 1.29 is 22.0 Å². The maximum absolute atomic E-state index is 14.0. The van der Waals surface area contributed by atoms with Crippen LogP contribution in [0.5, 0.6) is 0 Å². The quantitative estimate of drug-likeness (QED) is 0.265. The van der Waals surface area contributed by atoms with Gasteiger partial charge in [-0.25, -0.2) is 28.2 Å². The van der Waals surface area contributed by atoms with Crippen molar-refractivity contribution in [2.45, 2.75) is 19.0 Å². The minimum Gasteiger partial charge on any atom is -0.382 e. The number of nitrogen functional groups attached to an aromatic ring is 1. The van der Waals surface area contributed by atoms with E-state index in [9.17, 15) is 22.0 Å². The molecular formula is C22H17F5N8. The van der Waals surface area contributed by atoms with Gasteiger partial charge in [0.15, 0.2) is 5.82 Å². The molecule has 4 rings (SSSR count). The fourth-order valence-electron chi connectivity index (χ4n) is 3.46. The van der Waals surface area contributed by atoms with Crippen LogP contribution in [0, 0.1) is 17.0 Å². The summed E-state index contributed by atoms with van der Waals surface area (Å²) in [6, 6.07) is 4.66. The molecule has 180 valence electrons. The molecule has 1 atom stereocenters. The third kappa shape index (κ3) is 4.65. The molecule has 0 saturated carbocycles. The summed E-state index contributed by atoms with van der Waals surface area (Å²) in [5, 5.41) is 14.7. The number of alkyl halides is 3. The van der Waals surface area contributed by atoms with E-state index < -0.39 is 29.6 Å². The maximum atomic E-state index is 14.0. The Balaban J connectivity index is 1.76. The van der Waals surface area contributed by atoms with Crippen LogP contribution in [0.3, 0.4) is 0 Å². The van der Waals surface area contributed by atoms with E-state index in [2.05, 4.69) is 25.4 Å². The van der Waals surface area contributed by atoms with Crippen molar-refractivity contribution in [1.82, 2.24) is 24.6 Å². The van der Waals surface area contributed by atoms with Gasteiger partial charge in [-0.15, -0.1) is 0 Å². The lowest BCUT2D eigenvalue weighted by Crippen LogP contribution is -2.10. The molecule has 0 aliphatic heterocycles. The molecule has 0 amide bonds. The number of benzene rings is 1. The van der Waals surface area contributed by atoms with Crippen LogP contribution in [0.4, 0.5) is 33.5 Å². The van der Waals surface area contributed by atoms with Gasteiger partial charge in [0.1, 0.15) is 23.5 Å². The number of hydrogen-bond donors (Lipinski definition) is 3. The minimum atomic E-state index is -4.69. The normalized spacial score (nSPS) is 13.1. The Morgan fingerprint density at radius 2 is 1.86 bits per heavy atom. The summed E-state index contributed by atoms with van der Waals surface area (Å²) in [5.41, 5.74) is 7.91. The smallest absolute Gasteiger partial charge is 0.382 e. The van der Waals surface area contributed by atoms with Crippen molar-refractivity contribution in [1.29, 1.82) is 5.41 Å². The molecule has 4 aromatic rings. The molecule has 4 N–H and O–H groups in total. The predicted molar refractivity (Wildman–Crippen MR) is 119 cm³/mol. The van der Waals surface area contributed by atoms with Crippen molar-refractivity contribution in [3.05, 3.63) is 77.9 Å². The Kier molecular flexibility index (Phi) is 6.16. The van der Waals surface area contributed by atoms with Gasteiger partial charge in [-0.3, -0.25) is 0 Å². The Labute approximate surface area is 194 Å². The molecule has 0 aliphatic rings. The number of nitrogens with one attached hydrogen (secondary N) is 2. The van der Waals surface area contributed by atoms with Gasteiger partial charge in [0.2, 0.25) is 5.82 Å². The standard InChI is InChI=1S/C22H17F5N8/c1-11(12(6-28)7-30-17-3-2-14(23)4-16(17)24)18-5-15(19-20(29)33-10-34-35(18)19)13-8-31-21(32-9-13)22(25,26)27/h2-11,28,30H,1H3,(H2,29,33,34)/b12-7+,28-6?. The topological polar surface area (TPSA) is 118 Å². The van der Waals surface area contributed by atoms with Gasteiger partial charge < -0.3 is 16.5 Å². The van der Waals surface area contributed by atoms with Gasteiger partial charge in [0.05, 0.1) is 11.4 Å². The van der Waals surface area contributed by atoms with Crippen LogP contribution in [0.1, 0.15) is 24.4 Å². The summed E-state index contributed by atoms with van der Waals surface area (Å²) in [7, 11) is 0. The first-order valence-electron chi connectivity index (χ1n) is 10.0. The summed E-state index contributed by atoms with van der Waals surface area (Å²) in [6.45, 7) is 1.74. The van der Waals surface area contributed by atoms with Gasteiger partial charge in [-0.1, -0.05) is 6.92 Å². The van der Waals surface area contributed by atoms with E-state index in [0.717, 1.165) is 30.7 Å². The van der Waals surface area contributed by atoms with Crippen molar-refractivity contribution in [2.75, 3.05) is 11.1 Å². The van der Waals surface area contributed by atoms with Gasteiger partial charge in [-0.05, 0) is 23.8 Å². The van der Waals surface area contributed by atoms with E-state index in [4.69, 9.17) is 11.1 Å². The molecule has 0 aliphatic carbocycles. The second kappa shape index (κ2) is 9.08. The Bertz CT molecular complexity index is 1430. The van der Waals surface area contributed by atoms with Crippen LogP contribution in [0.2, 0.25) is 0 Å². The third-order valence-electron chi connectivity index (χ3n) is 5.26. The van der Waals surface area contributed by atoms with E-state index in [1.165, 1.54) is 23.1 Å². The summed E-state index contributed by atoms with van der Waals surface area (Å²) in [4.78, 5) is 10.8. The highest BCUT2D eigenvalue weighted by atomic mass is 19.4. The average molecular weight is 488 g/mol. The molecule has 1 aromatic carbocycles. The number of hydrogen-bond acceptors (Lipinski definition) is 7. The number of anilines is 2. The molecule has 0 bridgehead atoms. The Morgan fingerprint density at radius 1 is 1.14 bits per heavy atom. The number of nitrogens with two attached hydrogens (primary N) is 1. The highest BCUT2D eigenvalue weighted by Gasteiger charge is 2.34. The van der Waals surface area contributed by atoms with E-state index >= 15 is 0 Å². The lowest BCUT2D eigenvalue weighted by Gasteiger charge is -2.13. The average Bonchev–Trinajstić information content (AvgIpc) is 3.21. The van der Waals surface area contributed by atoms with Crippen molar-refractivity contribution in [3.8, 4) is 11.1 Å². The van der Waals surface area contributed by atoms with Gasteiger partial charge >= 0.3 is 6.18 Å². The lowest BCUT2D eigenvalue weighted by molar-refractivity contribution is -0.144. The van der Waals surface area contributed by atoms with Crippen LogP contribution >= 0.6 is 0 Å². The molecule has 3 aromatic heterocycles. The maximum Gasteiger partial charge on any atom is 0.451 e. The van der Waals surface area contributed by atoms with E-state index in [0.29, 0.717) is 22.3 Å². The number of allylic oxidation sites excluding steroid dienone is 1. The summed E-state index contributed by atoms with van der Waals surface area (Å²) in [6.07, 6.45) is 1.01. The lowest BCUT2D eigenvalue weighted by atomic mass is 9.98. The number of rotatable bonds is 6. The van der Waals surface area contributed by atoms with Gasteiger partial charge in [0.25, 0.3) is 0 Å². The van der Waals surface area contributed by atoms with Crippen molar-refractivity contribution in [2.24, 2.45) is 0 Å². The molecule has 0 spiro atoms. The molecular weight excluding hydrogens is 471 g/mol. The number of halogens is 5. The first-order valence-corrected chi connectivity index (χ1v) is 10.0. The summed E-state index contributed by atoms with van der Waals surface area (Å²) in [5.74, 6) is -3.27. The van der Waals surface area contributed by atoms with Gasteiger partial charge in [-0.2, -0.15) is 18.3 Å². The fourth-order valence-corrected chi connectivity index (χ4v) is 3.46. The molecule has 0 fully saturated rings. The number of aromatic nitrogens is 5. The molecule has 0 radical (unpaired) electrons. The van der Waals surface area contributed by atoms with E-state index in [1.807, 2.05) is 0 Å². The van der Waals surface area contributed by atoms with Crippen LogP contribution in [-0.2, 0) is 6.18 Å². The highest BCUT2D eigenvalue weighted by Crippen LogP contribution is 2.35. The van der Waals surface area contributed by atoms with Crippen LogP contribution < -0.4 is 11.1 Å². The molecule has 1 unspecified atom stereocenters. The first-order chi connectivity index (χ1) is 16.6. The van der Waals surface area contributed by atoms with Crippen molar-refractivity contribution in [3.63, 3.8) is 0 Å². The van der Waals surface area contributed by atoms with Crippen LogP contribution in [-0.4, -0.2) is 30.8 Å². The zero-order valence-corrected chi connectivity index (χ0v) is 18.0. The summed E-state index contributed by atoms with van der Waals surface area (Å²) >= 11 is 0. The molecule has 8 nitrogen and oxygen atoms in total. The SMILES string of the molecule is CC(/C(C=N)=C/Nc1ccc(F)cc1F)c1cc(-c2cnc(C(F)(F)F)nc2)c2c(N)ncnn12. The van der Waals surface area contributed by atoms with E-state index in [1.54, 1.807) is 13.0 Å². The second-order valence-electron chi connectivity index (χ2n) is 7.46. The van der Waals surface area contributed by atoms with Crippen molar-refractivity contribution >= 4 is 23.2 Å². The predicted octanol–water partition coefficient (Wildman–Crippen LogP) is 4.81. The zero-order valence-electron chi connectivity index (χ0n) is 18.0. The molecule has 0 saturated heterocycles. The third-order valence-corrected chi connectivity index (χ3v) is 5.26. The molecule has 3 heterocycles. The van der Waals surface area contributed by atoms with E-state index in [-0.39, 0.29) is 17.1 Å². The van der Waals surface area contributed by atoms with Crippen LogP contribution in [0.25, 0.3) is 16.6 Å². The Hall–Kier alpha value is -4.42. The summed E-state index contributed by atoms with van der Waals surface area (Å²) < 4.78 is 67.2. The van der Waals surface area contributed by atoms with Gasteiger partial charge in [0, 0.05) is 47.9 Å². The fraction of sp³-hybridized carbons (Fsp3) is 0.136. The molecule has 35 heavy (non-hydrogen) atoms. The zero-order chi connectivity index (χ0) is 25.3.